The van der Waals surface area contributed by atoms with E-state index >= 15 is 0 Å². The summed E-state index contributed by atoms with van der Waals surface area (Å²) >= 11 is 0. The predicted octanol–water partition coefficient (Wildman–Crippen LogP) is 0.975. The average molecular weight is 214 g/mol. The molecule has 0 fully saturated rings. The largest absolute Gasteiger partial charge is 0.508 e. The van der Waals surface area contributed by atoms with Gasteiger partial charge < -0.3 is 10.2 Å². The second-order valence-electron chi connectivity index (χ2n) is 2.69. The van der Waals surface area contributed by atoms with Crippen molar-refractivity contribution in [3.8, 4) is 5.75 Å². The van der Waals surface area contributed by atoms with Gasteiger partial charge in [0.25, 0.3) is 0 Å². The molecule has 1 atom stereocenters. The van der Waals surface area contributed by atoms with Gasteiger partial charge in [-0.25, -0.2) is 0 Å². The van der Waals surface area contributed by atoms with Gasteiger partial charge in [0.1, 0.15) is 5.75 Å². The Morgan fingerprint density at radius 2 is 2.14 bits per heavy atom. The molecule has 1 aromatic carbocycles. The first-order valence-electron chi connectivity index (χ1n) is 3.99. The van der Waals surface area contributed by atoms with Crippen LogP contribution in [-0.2, 0) is 15.6 Å². The van der Waals surface area contributed by atoms with E-state index in [0.717, 1.165) is 0 Å². The normalized spacial score (nSPS) is 12.3. The molecular weight excluding hydrogens is 204 g/mol. The smallest absolute Gasteiger partial charge is 0.304 e. The van der Waals surface area contributed by atoms with E-state index in [9.17, 15) is 9.00 Å². The highest BCUT2D eigenvalue weighted by Gasteiger charge is 2.06. The minimum absolute atomic E-state index is 0.0335. The predicted molar refractivity (Wildman–Crippen MR) is 51.6 cm³/mol. The molecule has 0 radical (unpaired) electrons. The first-order valence-corrected chi connectivity index (χ1v) is 5.30. The first-order chi connectivity index (χ1) is 6.59. The van der Waals surface area contributed by atoms with Crippen LogP contribution in [0.1, 0.15) is 6.42 Å². The van der Waals surface area contributed by atoms with Crippen molar-refractivity contribution in [1.29, 1.82) is 0 Å². The fraction of sp³-hybridized carbons (Fsp3) is 0.222. The van der Waals surface area contributed by atoms with Gasteiger partial charge in [-0.1, -0.05) is 6.07 Å². The maximum atomic E-state index is 11.4. The molecule has 1 rings (SSSR count). The van der Waals surface area contributed by atoms with Crippen molar-refractivity contribution < 1.29 is 19.2 Å². The van der Waals surface area contributed by atoms with Gasteiger partial charge in [0.2, 0.25) is 0 Å². The molecule has 1 aromatic rings. The van der Waals surface area contributed by atoms with E-state index in [1.807, 2.05) is 0 Å². The molecule has 0 aliphatic rings. The van der Waals surface area contributed by atoms with Crippen LogP contribution in [0.5, 0.6) is 5.75 Å². The number of carbonyl (C=O) groups is 1. The van der Waals surface area contributed by atoms with Gasteiger partial charge in [-0.15, -0.1) is 0 Å². The fourth-order valence-electron chi connectivity index (χ4n) is 0.923. The Hall–Kier alpha value is -1.36. The second-order valence-corrected chi connectivity index (χ2v) is 4.26. The van der Waals surface area contributed by atoms with Crippen LogP contribution in [0.2, 0.25) is 0 Å². The van der Waals surface area contributed by atoms with Gasteiger partial charge in [0, 0.05) is 10.6 Å². The minimum atomic E-state index is -1.36. The molecule has 2 N–H and O–H groups in total. The van der Waals surface area contributed by atoms with E-state index in [2.05, 4.69) is 0 Å². The van der Waals surface area contributed by atoms with Crippen molar-refractivity contribution in [1.82, 2.24) is 0 Å². The number of aliphatic carboxylic acids is 1. The maximum Gasteiger partial charge on any atom is 0.304 e. The highest BCUT2D eigenvalue weighted by Crippen LogP contribution is 2.14. The van der Waals surface area contributed by atoms with Crippen molar-refractivity contribution in [2.75, 3.05) is 5.75 Å². The lowest BCUT2D eigenvalue weighted by Crippen LogP contribution is -2.04. The molecule has 0 aliphatic carbocycles. The molecule has 0 amide bonds. The SMILES string of the molecule is O=C(O)CCS(=O)c1cccc(O)c1. The third kappa shape index (κ3) is 3.18. The lowest BCUT2D eigenvalue weighted by molar-refractivity contribution is -0.136. The van der Waals surface area contributed by atoms with Crippen LogP contribution in [-0.4, -0.2) is 26.1 Å². The summed E-state index contributed by atoms with van der Waals surface area (Å²) in [6, 6.07) is 6.01. The van der Waals surface area contributed by atoms with Crippen LogP contribution < -0.4 is 0 Å². The zero-order chi connectivity index (χ0) is 10.6. The molecule has 0 spiro atoms. The third-order valence-electron chi connectivity index (χ3n) is 1.58. The fourth-order valence-corrected chi connectivity index (χ4v) is 2.00. The molecule has 0 saturated heterocycles. The molecule has 76 valence electrons. The van der Waals surface area contributed by atoms with Crippen molar-refractivity contribution >= 4 is 16.8 Å². The quantitative estimate of drug-likeness (QED) is 0.783. The highest BCUT2D eigenvalue weighted by molar-refractivity contribution is 7.85. The van der Waals surface area contributed by atoms with Gasteiger partial charge in [-0.2, -0.15) is 0 Å². The summed E-state index contributed by atoms with van der Waals surface area (Å²) in [6.45, 7) is 0. The summed E-state index contributed by atoms with van der Waals surface area (Å²) in [5.41, 5.74) is 0. The number of rotatable bonds is 4. The lowest BCUT2D eigenvalue weighted by Gasteiger charge is -2.00. The van der Waals surface area contributed by atoms with Gasteiger partial charge in [-0.3, -0.25) is 9.00 Å². The molecule has 5 heteroatoms. The van der Waals surface area contributed by atoms with Crippen molar-refractivity contribution in [2.24, 2.45) is 0 Å². The van der Waals surface area contributed by atoms with Crippen molar-refractivity contribution in [3.63, 3.8) is 0 Å². The average Bonchev–Trinajstić information content (AvgIpc) is 2.14. The summed E-state index contributed by atoms with van der Waals surface area (Å²) in [4.78, 5) is 10.7. The van der Waals surface area contributed by atoms with Crippen molar-refractivity contribution in [3.05, 3.63) is 24.3 Å². The molecule has 14 heavy (non-hydrogen) atoms. The van der Waals surface area contributed by atoms with Crippen LogP contribution in [0.15, 0.2) is 29.2 Å². The first kappa shape index (κ1) is 10.7. The molecule has 0 bridgehead atoms. The van der Waals surface area contributed by atoms with E-state index in [0.29, 0.717) is 4.90 Å². The molecule has 0 aromatic heterocycles. The van der Waals surface area contributed by atoms with Crippen molar-refractivity contribution in [2.45, 2.75) is 11.3 Å². The minimum Gasteiger partial charge on any atom is -0.508 e. The summed E-state index contributed by atoms with van der Waals surface area (Å²) in [5, 5.41) is 17.5. The standard InChI is InChI=1S/C9H10O4S/c10-7-2-1-3-8(6-7)14(13)5-4-9(11)12/h1-3,6,10H,4-5H2,(H,11,12). The highest BCUT2D eigenvalue weighted by atomic mass is 32.2. The molecule has 0 aliphatic heterocycles. The number of carboxylic acids is 1. The summed E-state index contributed by atoms with van der Waals surface area (Å²) in [6.07, 6.45) is -0.137. The molecule has 0 heterocycles. The third-order valence-corrected chi connectivity index (χ3v) is 2.94. The van der Waals surface area contributed by atoms with Crippen LogP contribution in [0.3, 0.4) is 0 Å². The van der Waals surface area contributed by atoms with Gasteiger partial charge in [0.05, 0.1) is 17.2 Å². The number of hydrogen-bond donors (Lipinski definition) is 2. The molecular formula is C9H10O4S. The van der Waals surface area contributed by atoms with Crippen LogP contribution >= 0.6 is 0 Å². The van der Waals surface area contributed by atoms with Crippen LogP contribution in [0.25, 0.3) is 0 Å². The zero-order valence-corrected chi connectivity index (χ0v) is 8.16. The van der Waals surface area contributed by atoms with E-state index in [4.69, 9.17) is 10.2 Å². The molecule has 1 unspecified atom stereocenters. The van der Waals surface area contributed by atoms with E-state index < -0.39 is 16.8 Å². The summed E-state index contributed by atoms with van der Waals surface area (Å²) < 4.78 is 11.4. The maximum absolute atomic E-state index is 11.4. The Morgan fingerprint density at radius 1 is 1.43 bits per heavy atom. The Labute approximate surface area is 83.7 Å². The van der Waals surface area contributed by atoms with Crippen LogP contribution in [0.4, 0.5) is 0 Å². The number of hydrogen-bond acceptors (Lipinski definition) is 3. The summed E-state index contributed by atoms with van der Waals surface area (Å²) in [5.74, 6) is -0.872. The lowest BCUT2D eigenvalue weighted by atomic mass is 10.3. The Kier molecular flexibility index (Phi) is 3.64. The second kappa shape index (κ2) is 4.76. The number of phenols is 1. The van der Waals surface area contributed by atoms with E-state index in [-0.39, 0.29) is 17.9 Å². The van der Waals surface area contributed by atoms with Gasteiger partial charge in [0.15, 0.2) is 0 Å². The topological polar surface area (TPSA) is 74.6 Å². The number of benzene rings is 1. The Balaban J connectivity index is 2.65. The number of carboxylic acid groups (broad SMARTS) is 1. The number of aromatic hydroxyl groups is 1. The van der Waals surface area contributed by atoms with E-state index in [1.54, 1.807) is 12.1 Å². The zero-order valence-electron chi connectivity index (χ0n) is 7.34. The number of phenolic OH excluding ortho intramolecular Hbond substituents is 1. The van der Waals surface area contributed by atoms with Gasteiger partial charge in [-0.05, 0) is 18.2 Å². The molecule has 0 saturated carbocycles. The Bertz CT molecular complexity index is 362. The Morgan fingerprint density at radius 3 is 2.71 bits per heavy atom. The summed E-state index contributed by atoms with van der Waals surface area (Å²) in [7, 11) is -1.36. The van der Waals surface area contributed by atoms with Gasteiger partial charge >= 0.3 is 5.97 Å². The molecule has 4 nitrogen and oxygen atoms in total. The monoisotopic (exact) mass is 214 g/mol. The van der Waals surface area contributed by atoms with Crippen LogP contribution in [0, 0.1) is 0 Å². The van der Waals surface area contributed by atoms with E-state index in [1.165, 1.54) is 12.1 Å².